The monoisotopic (exact) mass is 1680 g/mol. The molecule has 35 heteroatoms. The molecule has 6 saturated carbocycles. The van der Waals surface area contributed by atoms with Crippen molar-refractivity contribution in [2.24, 2.45) is 69.3 Å². The van der Waals surface area contributed by atoms with Gasteiger partial charge in [-0.3, -0.25) is 43.0 Å². The minimum atomic E-state index is -4.09. The molecule has 5 N–H and O–H groups in total. The lowest BCUT2D eigenvalue weighted by molar-refractivity contribution is -0.157. The van der Waals surface area contributed by atoms with E-state index in [1.165, 1.54) is 9.80 Å². The zero-order valence-electron chi connectivity index (χ0n) is 65.9. The van der Waals surface area contributed by atoms with E-state index >= 15 is 0 Å². The maximum atomic E-state index is 14.8. The fourth-order valence-corrected chi connectivity index (χ4v) is 19.1. The number of rotatable bonds is 14. The normalized spacial score (nSPS) is 30.5. The Hall–Kier alpha value is -7.85. The lowest BCUT2D eigenvalue weighted by Crippen LogP contribution is -2.50. The molecule has 636 valence electrons. The first-order chi connectivity index (χ1) is 53.1. The maximum Gasteiger partial charge on any atom is 0.326 e. The third-order valence-corrected chi connectivity index (χ3v) is 28.0. The van der Waals surface area contributed by atoms with Crippen molar-refractivity contribution in [2.45, 2.75) is 263 Å². The number of nitrogens with two attached hydrogens (primary N) is 1. The molecule has 4 aromatic rings. The first kappa shape index (κ1) is 89.5. The lowest BCUT2D eigenvalue weighted by Gasteiger charge is -2.35. The summed E-state index contributed by atoms with van der Waals surface area (Å²) in [5, 5.41) is 8.86. The second-order valence-corrected chi connectivity index (χ2v) is 38.8. The Balaban J connectivity index is 0.000000206. The number of sulfonamides is 2. The standard InChI is InChI=1S/C40H52F2N4O9S.C31H41N3O7.C8H12F2N2O3S.CH4.ClH/c1-21-32-20-46(34(21)30(47)19-40(18-26(40)35(41)42)38(50)45-56(51,52)24-12-13-24)37(49)25(39(2,3)4)17-33(48)54-31-15-22(31)9-7-6-8-10-28-36(55-32)44-29-16-23(53-5)11-14-27(29)43-28;1-17-25-16-34(27(17)30(37)38)29(36)20(31(2,3)4)15-26(35)40-24-13-18(24)9-7-6-8-10-22-28(41-25)33-23-14-19(39-5)11-12-21(23)32-22;9-6(10)5-3-8(5,11)7(13)12-16(14,15)4-1-2-4;;/h11,14,16,21-22,24-26,31-32,34-35H,6-10,12-13,15,17-20H2,1-5H3,(H,45,50);11-12,14,17-18,20,24-25,27H,6-10,13,15-16H2,1-5H3,(H,37,38);4-6H,1-3,11H2,(H,12,13);1H4;1H/t21-,22-,25-,26+,31-,32+,34+,40-;17-,18-,20-,24?,25+,27+;5-,8+;;/m110../s1. The second-order valence-electron chi connectivity index (χ2n) is 34.9. The lowest BCUT2D eigenvalue weighted by atomic mass is 9.77. The molecule has 115 heavy (non-hydrogen) atoms. The number of carboxylic acid groups (broad SMARTS) is 1. The van der Waals surface area contributed by atoms with Crippen molar-refractivity contribution in [1.82, 2.24) is 39.2 Å². The Morgan fingerprint density at radius 2 is 1.00 bits per heavy atom. The number of benzene rings is 2. The highest BCUT2D eigenvalue weighted by atomic mass is 35.5. The van der Waals surface area contributed by atoms with Crippen LogP contribution in [0.3, 0.4) is 0 Å². The Morgan fingerprint density at radius 1 is 0.583 bits per heavy atom. The van der Waals surface area contributed by atoms with Crippen LogP contribution in [0.2, 0.25) is 0 Å². The molecule has 6 heterocycles. The fourth-order valence-electron chi connectivity index (χ4n) is 16.3. The Morgan fingerprint density at radius 3 is 1.38 bits per heavy atom. The first-order valence-electron chi connectivity index (χ1n) is 39.4. The highest BCUT2D eigenvalue weighted by molar-refractivity contribution is 7.91. The SMILES string of the molecule is C.COc1ccc2nc3c(nc2c1)O[C@H]1CN(C(=O)[C@H](C(C)(C)C)CC(=O)OC2C[C@H]2CCCCC3)[C@H](C(=O)O)[C@@H]1C.COc1ccc2nc3c(nc2c1)O[C@H]1CN(C(=O)[C@H](C(C)(C)C)CC(=O)O[C@@H]2C[C@H]2CCCCC3)[C@H](C(=O)C[C@]2(C(=O)NS(=O)(=O)C3CC3)C[C@H]2C(F)F)[C@@H]1C.Cl.N[C@]1(C(=O)NS(=O)(=O)C2CC2)C[C@H]1C(F)F. The Kier molecular flexibility index (Phi) is 27.2. The largest absolute Gasteiger partial charge is 0.497 e. The van der Waals surface area contributed by atoms with Crippen LogP contribution in [0.5, 0.6) is 23.3 Å². The van der Waals surface area contributed by atoms with Crippen LogP contribution in [0.15, 0.2) is 36.4 Å². The molecule has 4 bridgehead atoms. The summed E-state index contributed by atoms with van der Waals surface area (Å²) in [6, 6.07) is 8.51. The van der Waals surface area contributed by atoms with E-state index in [-0.39, 0.29) is 88.5 Å². The average molecular weight is 1680 g/mol. The summed E-state index contributed by atoms with van der Waals surface area (Å²) in [6.45, 7) is 14.6. The molecule has 2 aromatic heterocycles. The average Bonchev–Trinajstić information content (AvgIpc) is 1.57. The van der Waals surface area contributed by atoms with Crippen molar-refractivity contribution in [3.05, 3.63) is 47.8 Å². The van der Waals surface area contributed by atoms with Gasteiger partial charge in [-0.05, 0) is 137 Å². The van der Waals surface area contributed by atoms with Crippen LogP contribution in [-0.2, 0) is 80.7 Å². The molecule has 10 aliphatic rings. The number of hydrogen-bond donors (Lipinski definition) is 4. The van der Waals surface area contributed by atoms with E-state index in [4.69, 9.17) is 54.1 Å². The highest BCUT2D eigenvalue weighted by Crippen LogP contribution is 2.60. The molecule has 28 nitrogen and oxygen atoms in total. The molecular formula is C80H110ClF4N9O19S2. The van der Waals surface area contributed by atoms with Crippen molar-refractivity contribution in [1.29, 1.82) is 0 Å². The van der Waals surface area contributed by atoms with Crippen LogP contribution in [0, 0.1) is 63.6 Å². The first-order valence-corrected chi connectivity index (χ1v) is 42.5. The number of carbonyl (C=O) groups is 8. The number of ketones is 1. The predicted molar refractivity (Wildman–Crippen MR) is 415 cm³/mol. The number of methoxy groups -OCH3 is 2. The van der Waals surface area contributed by atoms with Crippen LogP contribution in [0.4, 0.5) is 17.6 Å². The molecule has 6 aliphatic carbocycles. The van der Waals surface area contributed by atoms with Gasteiger partial charge in [0.2, 0.25) is 62.4 Å². The number of Topliss-reactive ketones (excluding diaryl/α,β-unsaturated/α-hetero) is 1. The van der Waals surface area contributed by atoms with Gasteiger partial charge in [0.15, 0.2) is 5.78 Å². The molecule has 4 aliphatic heterocycles. The fraction of sp³-hybridized carbons (Fsp3) is 0.700. The number of nitrogens with one attached hydrogen (secondary N) is 2. The number of aryl methyl sites for hydroxylation is 2. The summed E-state index contributed by atoms with van der Waals surface area (Å²) in [4.78, 5) is 129. The van der Waals surface area contributed by atoms with E-state index in [1.807, 2.05) is 64.5 Å². The summed E-state index contributed by atoms with van der Waals surface area (Å²) in [5.41, 5.74) is 4.22. The zero-order valence-corrected chi connectivity index (χ0v) is 68.4. The van der Waals surface area contributed by atoms with E-state index in [0.717, 1.165) is 75.4 Å². The summed E-state index contributed by atoms with van der Waals surface area (Å²) < 4.78 is 141. The van der Waals surface area contributed by atoms with E-state index < -0.39 is 173 Å². The van der Waals surface area contributed by atoms with E-state index in [9.17, 15) is 77.9 Å². The third kappa shape index (κ3) is 20.5. The minimum absolute atomic E-state index is 0. The van der Waals surface area contributed by atoms with Gasteiger partial charge in [0.1, 0.15) is 58.9 Å². The number of hydrogen-bond acceptors (Lipinski definition) is 23. The molecule has 14 rings (SSSR count). The van der Waals surface area contributed by atoms with E-state index in [0.29, 0.717) is 84.1 Å². The number of carbonyl (C=O) groups excluding carboxylic acids is 7. The number of amides is 4. The van der Waals surface area contributed by atoms with Crippen LogP contribution in [-0.4, -0.2) is 192 Å². The van der Waals surface area contributed by atoms with Crippen LogP contribution in [0.1, 0.15) is 196 Å². The number of nitrogens with zero attached hydrogens (tertiary/aromatic N) is 6. The van der Waals surface area contributed by atoms with Crippen molar-refractivity contribution >= 4 is 102 Å². The number of halogens is 5. The van der Waals surface area contributed by atoms with Gasteiger partial charge in [-0.25, -0.2) is 59.1 Å². The minimum Gasteiger partial charge on any atom is -0.497 e. The van der Waals surface area contributed by atoms with E-state index in [1.54, 1.807) is 51.0 Å². The Labute approximate surface area is 674 Å². The predicted octanol–water partition coefficient (Wildman–Crippen LogP) is 10.2. The second kappa shape index (κ2) is 35.0. The van der Waals surface area contributed by atoms with E-state index in [2.05, 4.69) is 0 Å². The van der Waals surface area contributed by atoms with Gasteiger partial charge in [-0.1, -0.05) is 88.5 Å². The van der Waals surface area contributed by atoms with Crippen LogP contribution >= 0.6 is 12.4 Å². The topological polar surface area (TPSA) is 389 Å². The van der Waals surface area contributed by atoms with Gasteiger partial charge < -0.3 is 49.1 Å². The molecule has 2 aromatic carbocycles. The Bertz CT molecular complexity index is 4570. The third-order valence-electron chi connectivity index (χ3n) is 24.3. The number of aliphatic carboxylic acids is 1. The molecule has 8 fully saturated rings. The molecule has 16 atom stereocenters. The van der Waals surface area contributed by atoms with Crippen molar-refractivity contribution in [2.75, 3.05) is 27.3 Å². The van der Waals surface area contributed by atoms with Gasteiger partial charge in [0.05, 0.1) is 96.0 Å². The highest BCUT2D eigenvalue weighted by Gasteiger charge is 2.67. The van der Waals surface area contributed by atoms with Gasteiger partial charge >= 0.3 is 17.9 Å². The van der Waals surface area contributed by atoms with Crippen LogP contribution < -0.4 is 34.1 Å². The van der Waals surface area contributed by atoms with Gasteiger partial charge in [-0.15, -0.1) is 12.4 Å². The van der Waals surface area contributed by atoms with Crippen molar-refractivity contribution in [3.8, 4) is 23.3 Å². The van der Waals surface area contributed by atoms with Gasteiger partial charge in [0.25, 0.3) is 5.91 Å². The number of esters is 2. The van der Waals surface area contributed by atoms with Gasteiger partial charge in [0, 0.05) is 42.2 Å². The number of ether oxygens (including phenoxy) is 6. The number of aromatic nitrogens is 4. The van der Waals surface area contributed by atoms with Gasteiger partial charge in [-0.2, -0.15) is 0 Å². The summed E-state index contributed by atoms with van der Waals surface area (Å²) >= 11 is 0. The maximum absolute atomic E-state index is 14.8. The molecule has 4 amide bonds. The van der Waals surface area contributed by atoms with Crippen LogP contribution in [0.25, 0.3) is 22.1 Å². The summed E-state index contributed by atoms with van der Waals surface area (Å²) in [5.74, 6) is -8.96. The number of fused-ring (bicyclic) bond motifs is 10. The molecule has 0 radical (unpaired) electrons. The number of carboxylic acids is 1. The molecule has 1 unspecified atom stereocenters. The number of alkyl halides is 4. The summed E-state index contributed by atoms with van der Waals surface area (Å²) in [6.07, 6.45) is 2.95. The zero-order chi connectivity index (χ0) is 81.9. The van der Waals surface area contributed by atoms with Crippen molar-refractivity contribution < 1.29 is 106 Å². The smallest absolute Gasteiger partial charge is 0.326 e. The molecule has 2 saturated heterocycles. The quantitative estimate of drug-likeness (QED) is 0.0673. The van der Waals surface area contributed by atoms with Crippen molar-refractivity contribution in [3.63, 3.8) is 0 Å². The molecule has 0 spiro atoms. The summed E-state index contributed by atoms with van der Waals surface area (Å²) in [7, 11) is -4.66. The molecular weight excluding hydrogens is 1570 g/mol.